The zero-order valence-electron chi connectivity index (χ0n) is 11.6. The smallest absolute Gasteiger partial charge is 0.237 e. The summed E-state index contributed by atoms with van der Waals surface area (Å²) in [5.41, 5.74) is 2.85. The Morgan fingerprint density at radius 3 is 2.29 bits per heavy atom. The van der Waals surface area contributed by atoms with Crippen LogP contribution < -0.4 is 4.90 Å². The third-order valence-corrected chi connectivity index (χ3v) is 3.47. The lowest BCUT2D eigenvalue weighted by molar-refractivity contribution is -0.123. The molecule has 2 rings (SSSR count). The van der Waals surface area contributed by atoms with E-state index < -0.39 is 5.41 Å². The minimum atomic E-state index is -0.408. The molecule has 0 radical (unpaired) electrons. The van der Waals surface area contributed by atoms with Gasteiger partial charge in [0, 0.05) is 11.2 Å². The molecule has 2 heteroatoms. The topological polar surface area (TPSA) is 20.3 Å². The van der Waals surface area contributed by atoms with Gasteiger partial charge in [0.1, 0.15) is 0 Å². The predicted octanol–water partition coefficient (Wildman–Crippen LogP) is 3.42. The molecule has 0 unspecified atom stereocenters. The molecule has 0 aliphatic carbocycles. The number of rotatable bonds is 0. The van der Waals surface area contributed by atoms with Crippen molar-refractivity contribution in [1.82, 2.24) is 0 Å². The molecule has 0 bridgehead atoms. The molecule has 1 aromatic rings. The third-order valence-electron chi connectivity index (χ3n) is 3.47. The van der Waals surface area contributed by atoms with E-state index in [1.54, 1.807) is 0 Å². The fraction of sp³-hybridized carbons (Fsp3) is 0.533. The minimum absolute atomic E-state index is 0.172. The number of amides is 1. The molecule has 1 aliphatic heterocycles. The first-order valence-electron chi connectivity index (χ1n) is 6.11. The summed E-state index contributed by atoms with van der Waals surface area (Å²) in [5, 5.41) is 0. The van der Waals surface area contributed by atoms with Gasteiger partial charge in [-0.05, 0) is 53.2 Å². The number of fused-ring (bicyclic) bond motifs is 1. The van der Waals surface area contributed by atoms with Crippen molar-refractivity contribution in [3.05, 3.63) is 29.3 Å². The van der Waals surface area contributed by atoms with Crippen molar-refractivity contribution in [1.29, 1.82) is 0 Å². The van der Waals surface area contributed by atoms with E-state index >= 15 is 0 Å². The van der Waals surface area contributed by atoms with Crippen molar-refractivity contribution in [3.8, 4) is 0 Å². The molecule has 0 fully saturated rings. The fourth-order valence-electron chi connectivity index (χ4n) is 2.52. The van der Waals surface area contributed by atoms with Gasteiger partial charge in [0.2, 0.25) is 5.91 Å². The Hall–Kier alpha value is -1.31. The van der Waals surface area contributed by atoms with Crippen LogP contribution in [0.1, 0.15) is 45.7 Å². The summed E-state index contributed by atoms with van der Waals surface area (Å²) in [6.45, 7) is 12.3. The van der Waals surface area contributed by atoms with Crippen LogP contribution in [0, 0.1) is 6.92 Å². The van der Waals surface area contributed by atoms with Gasteiger partial charge in [-0.2, -0.15) is 0 Å². The second kappa shape index (κ2) is 3.34. The normalized spacial score (nSPS) is 18.5. The molecule has 0 aromatic heterocycles. The Bertz CT molecular complexity index is 480. The van der Waals surface area contributed by atoms with Gasteiger partial charge in [0.25, 0.3) is 0 Å². The van der Waals surface area contributed by atoms with Crippen molar-refractivity contribution in [3.63, 3.8) is 0 Å². The van der Waals surface area contributed by atoms with Crippen LogP contribution >= 0.6 is 0 Å². The zero-order chi connectivity index (χ0) is 13.0. The van der Waals surface area contributed by atoms with Gasteiger partial charge in [0.15, 0.2) is 0 Å². The lowest BCUT2D eigenvalue weighted by Crippen LogP contribution is -2.47. The number of hydrogen-bond donors (Lipinski definition) is 0. The van der Waals surface area contributed by atoms with E-state index in [1.165, 1.54) is 5.56 Å². The van der Waals surface area contributed by atoms with Crippen LogP contribution in [0.15, 0.2) is 18.2 Å². The summed E-state index contributed by atoms with van der Waals surface area (Å²) in [6.07, 6.45) is 0. The summed E-state index contributed by atoms with van der Waals surface area (Å²) in [7, 11) is 0. The maximum absolute atomic E-state index is 12.6. The molecule has 1 amide bonds. The second-order valence-electron chi connectivity index (χ2n) is 6.46. The summed E-state index contributed by atoms with van der Waals surface area (Å²) < 4.78 is 0. The Morgan fingerprint density at radius 2 is 1.76 bits per heavy atom. The molecule has 0 spiro atoms. The highest BCUT2D eigenvalue weighted by molar-refractivity contribution is 6.08. The Balaban J connectivity index is 2.68. The highest BCUT2D eigenvalue weighted by atomic mass is 16.2. The first kappa shape index (κ1) is 12.2. The first-order valence-corrected chi connectivity index (χ1v) is 6.11. The summed E-state index contributed by atoms with van der Waals surface area (Å²) in [6, 6.07) is 6.29. The Labute approximate surface area is 104 Å². The van der Waals surface area contributed by atoms with Crippen LogP contribution in [-0.2, 0) is 10.2 Å². The molecule has 0 saturated heterocycles. The first-order chi connectivity index (χ1) is 7.65. The highest BCUT2D eigenvalue weighted by Gasteiger charge is 2.47. The van der Waals surface area contributed by atoms with Gasteiger partial charge < -0.3 is 4.90 Å². The van der Waals surface area contributed by atoms with Crippen molar-refractivity contribution in [2.24, 2.45) is 0 Å². The van der Waals surface area contributed by atoms with Crippen LogP contribution in [0.5, 0.6) is 0 Å². The fourth-order valence-corrected chi connectivity index (χ4v) is 2.52. The molecule has 1 aliphatic rings. The molecule has 1 heterocycles. The van der Waals surface area contributed by atoms with Gasteiger partial charge >= 0.3 is 0 Å². The molecule has 2 nitrogen and oxygen atoms in total. The molecular formula is C15H21NO. The third kappa shape index (κ3) is 1.67. The second-order valence-corrected chi connectivity index (χ2v) is 6.46. The highest BCUT2D eigenvalue weighted by Crippen LogP contribution is 2.44. The number of aryl methyl sites for hydroxylation is 1. The summed E-state index contributed by atoms with van der Waals surface area (Å²) in [5.74, 6) is 0.200. The van der Waals surface area contributed by atoms with Crippen molar-refractivity contribution in [2.75, 3.05) is 4.90 Å². The van der Waals surface area contributed by atoms with Gasteiger partial charge in [-0.1, -0.05) is 17.7 Å². The predicted molar refractivity (Wildman–Crippen MR) is 71.4 cm³/mol. The largest absolute Gasteiger partial charge is 0.306 e. The van der Waals surface area contributed by atoms with Crippen LogP contribution in [-0.4, -0.2) is 11.4 Å². The van der Waals surface area contributed by atoms with E-state index in [-0.39, 0.29) is 11.4 Å². The van der Waals surface area contributed by atoms with Crippen LogP contribution in [0.25, 0.3) is 0 Å². The Morgan fingerprint density at radius 1 is 1.18 bits per heavy atom. The van der Waals surface area contributed by atoms with E-state index in [0.717, 1.165) is 11.3 Å². The number of hydrogen-bond acceptors (Lipinski definition) is 1. The van der Waals surface area contributed by atoms with Crippen LogP contribution in [0.4, 0.5) is 5.69 Å². The van der Waals surface area contributed by atoms with Crippen molar-refractivity contribution < 1.29 is 4.79 Å². The lowest BCUT2D eigenvalue weighted by atomic mass is 9.85. The summed E-state index contributed by atoms with van der Waals surface area (Å²) in [4.78, 5) is 14.5. The summed E-state index contributed by atoms with van der Waals surface area (Å²) >= 11 is 0. The zero-order valence-corrected chi connectivity index (χ0v) is 11.6. The molecule has 0 saturated carbocycles. The standard InChI is InChI=1S/C15H21NO/c1-10-7-8-12-11(9-10)15(5,6)13(17)16(12)14(2,3)4/h7-9H,1-6H3. The van der Waals surface area contributed by atoms with E-state index in [1.807, 2.05) is 18.7 Å². The van der Waals surface area contributed by atoms with Crippen molar-refractivity contribution in [2.45, 2.75) is 52.5 Å². The molecule has 17 heavy (non-hydrogen) atoms. The van der Waals surface area contributed by atoms with Gasteiger partial charge in [0.05, 0.1) is 5.41 Å². The van der Waals surface area contributed by atoms with Gasteiger partial charge in [-0.15, -0.1) is 0 Å². The van der Waals surface area contributed by atoms with Gasteiger partial charge in [-0.3, -0.25) is 4.79 Å². The monoisotopic (exact) mass is 231 g/mol. The number of benzene rings is 1. The molecular weight excluding hydrogens is 210 g/mol. The van der Waals surface area contributed by atoms with E-state index in [0.29, 0.717) is 0 Å². The SMILES string of the molecule is Cc1ccc2c(c1)C(C)(C)C(=O)N2C(C)(C)C. The van der Waals surface area contributed by atoms with Crippen LogP contribution in [0.2, 0.25) is 0 Å². The number of carbonyl (C=O) groups excluding carboxylic acids is 1. The molecule has 92 valence electrons. The number of carbonyl (C=O) groups is 1. The minimum Gasteiger partial charge on any atom is -0.306 e. The Kier molecular flexibility index (Phi) is 2.39. The average molecular weight is 231 g/mol. The molecule has 0 N–H and O–H groups in total. The van der Waals surface area contributed by atoms with E-state index in [9.17, 15) is 4.79 Å². The van der Waals surface area contributed by atoms with Crippen LogP contribution in [0.3, 0.4) is 0 Å². The maximum Gasteiger partial charge on any atom is 0.237 e. The molecule has 1 aromatic carbocycles. The molecule has 0 atom stereocenters. The quantitative estimate of drug-likeness (QED) is 0.670. The van der Waals surface area contributed by atoms with E-state index in [2.05, 4.69) is 45.9 Å². The number of nitrogens with zero attached hydrogens (tertiary/aromatic N) is 1. The average Bonchev–Trinajstić information content (AvgIpc) is 2.36. The van der Waals surface area contributed by atoms with E-state index in [4.69, 9.17) is 0 Å². The maximum atomic E-state index is 12.6. The van der Waals surface area contributed by atoms with Gasteiger partial charge in [-0.25, -0.2) is 0 Å². The van der Waals surface area contributed by atoms with Crippen molar-refractivity contribution >= 4 is 11.6 Å². The number of anilines is 1. The lowest BCUT2D eigenvalue weighted by Gasteiger charge is -2.33.